The standard InChI is InChI=1S/C21H27ClN4O/c1-15-6-7-17(14-19(15)22)26-21(25-10-12-27-13-11-25)18(16-4-2-3-5-16)8-9-20(21)23-24-26/h4,6-7,14,18,20H,2-3,5,8-13H2,1H3/p+1/t18-,20-,21-/m0/s1. The molecule has 27 heavy (non-hydrogen) atoms. The van der Waals surface area contributed by atoms with Crippen LogP contribution >= 0.6 is 11.6 Å². The summed E-state index contributed by atoms with van der Waals surface area (Å²) in [5.74, 6) is 0.508. The molecule has 1 saturated carbocycles. The van der Waals surface area contributed by atoms with E-state index in [-0.39, 0.29) is 11.7 Å². The van der Waals surface area contributed by atoms with Gasteiger partial charge in [-0.1, -0.05) is 34.5 Å². The number of anilines is 1. The van der Waals surface area contributed by atoms with Gasteiger partial charge < -0.3 is 9.64 Å². The summed E-state index contributed by atoms with van der Waals surface area (Å²) in [6.07, 6.45) is 8.55. The summed E-state index contributed by atoms with van der Waals surface area (Å²) in [5.41, 5.74) is 3.68. The lowest BCUT2D eigenvalue weighted by Crippen LogP contribution is -3.25. The maximum Gasteiger partial charge on any atom is 0.225 e. The lowest BCUT2D eigenvalue weighted by atomic mass is 9.84. The third kappa shape index (κ3) is 2.66. The summed E-state index contributed by atoms with van der Waals surface area (Å²) < 4.78 is 5.70. The number of rotatable bonds is 3. The molecule has 1 saturated heterocycles. The van der Waals surface area contributed by atoms with Crippen molar-refractivity contribution in [2.45, 2.75) is 50.7 Å². The predicted octanol–water partition coefficient (Wildman–Crippen LogP) is 3.34. The summed E-state index contributed by atoms with van der Waals surface area (Å²) in [6, 6.07) is 6.57. The smallest absolute Gasteiger partial charge is 0.225 e. The first-order valence-electron chi connectivity index (χ1n) is 10.3. The average molecular weight is 388 g/mol. The molecule has 0 aromatic heterocycles. The van der Waals surface area contributed by atoms with E-state index in [4.69, 9.17) is 26.7 Å². The summed E-state index contributed by atoms with van der Waals surface area (Å²) >= 11 is 6.49. The molecule has 1 aromatic rings. The molecule has 1 aromatic carbocycles. The average Bonchev–Trinajstić information content (AvgIpc) is 3.40. The van der Waals surface area contributed by atoms with Gasteiger partial charge in [-0.3, -0.25) is 0 Å². The van der Waals surface area contributed by atoms with Crippen molar-refractivity contribution < 1.29 is 9.64 Å². The van der Waals surface area contributed by atoms with Crippen LogP contribution < -0.4 is 9.91 Å². The molecule has 1 N–H and O–H groups in total. The van der Waals surface area contributed by atoms with Crippen molar-refractivity contribution in [3.05, 3.63) is 40.4 Å². The van der Waals surface area contributed by atoms with Gasteiger partial charge in [0.15, 0.2) is 0 Å². The van der Waals surface area contributed by atoms with E-state index >= 15 is 0 Å². The Morgan fingerprint density at radius 1 is 1.26 bits per heavy atom. The minimum absolute atomic E-state index is 0.126. The largest absolute Gasteiger partial charge is 0.370 e. The van der Waals surface area contributed by atoms with Crippen LogP contribution in [-0.2, 0) is 4.74 Å². The zero-order valence-electron chi connectivity index (χ0n) is 16.0. The summed E-state index contributed by atoms with van der Waals surface area (Å²) in [5, 5.41) is 12.6. The van der Waals surface area contributed by atoms with Crippen molar-refractivity contribution in [1.29, 1.82) is 0 Å². The second-order valence-electron chi connectivity index (χ2n) is 8.31. The lowest BCUT2D eigenvalue weighted by molar-refractivity contribution is -0.961. The minimum atomic E-state index is -0.126. The van der Waals surface area contributed by atoms with Crippen LogP contribution in [0.25, 0.3) is 0 Å². The molecule has 3 atom stereocenters. The highest BCUT2D eigenvalue weighted by atomic mass is 35.5. The molecule has 5 rings (SSSR count). The highest BCUT2D eigenvalue weighted by Gasteiger charge is 2.66. The van der Waals surface area contributed by atoms with Crippen LogP contribution in [0.2, 0.25) is 5.02 Å². The fourth-order valence-corrected chi connectivity index (χ4v) is 5.90. The van der Waals surface area contributed by atoms with Crippen molar-refractivity contribution in [2.75, 3.05) is 31.3 Å². The van der Waals surface area contributed by atoms with E-state index in [1.165, 1.54) is 25.7 Å². The highest BCUT2D eigenvalue weighted by molar-refractivity contribution is 6.31. The van der Waals surface area contributed by atoms with Crippen LogP contribution in [-0.4, -0.2) is 38.0 Å². The fourth-order valence-electron chi connectivity index (χ4n) is 5.73. The molecule has 0 amide bonds. The normalized spacial score (nSPS) is 33.6. The molecular weight excluding hydrogens is 360 g/mol. The van der Waals surface area contributed by atoms with Crippen LogP contribution in [0.15, 0.2) is 40.2 Å². The quantitative estimate of drug-likeness (QED) is 0.808. The number of hydrogen-bond acceptors (Lipinski definition) is 4. The van der Waals surface area contributed by atoms with Gasteiger partial charge in [0.05, 0.1) is 24.8 Å². The monoisotopic (exact) mass is 387 g/mol. The van der Waals surface area contributed by atoms with E-state index in [2.05, 4.69) is 29.3 Å². The van der Waals surface area contributed by atoms with Crippen molar-refractivity contribution >= 4 is 17.3 Å². The van der Waals surface area contributed by atoms with Crippen LogP contribution in [0.5, 0.6) is 0 Å². The van der Waals surface area contributed by atoms with Gasteiger partial charge in [-0.15, -0.1) is 0 Å². The topological polar surface area (TPSA) is 41.6 Å². The van der Waals surface area contributed by atoms with Gasteiger partial charge in [-0.2, -0.15) is 10.1 Å². The zero-order valence-corrected chi connectivity index (χ0v) is 16.7. The molecule has 2 heterocycles. The Labute approximate surface area is 166 Å². The molecule has 5 nitrogen and oxygen atoms in total. The van der Waals surface area contributed by atoms with Crippen molar-refractivity contribution in [3.8, 4) is 0 Å². The van der Waals surface area contributed by atoms with Crippen LogP contribution in [0.1, 0.15) is 37.7 Å². The molecular formula is C21H28ClN4O+. The number of nitrogens with zero attached hydrogens (tertiary/aromatic N) is 3. The molecule has 0 unspecified atom stereocenters. The third-order valence-electron chi connectivity index (χ3n) is 6.99. The van der Waals surface area contributed by atoms with Gasteiger partial charge in [0.1, 0.15) is 19.1 Å². The molecule has 144 valence electrons. The second kappa shape index (κ2) is 6.87. The number of fused-ring (bicyclic) bond motifs is 1. The van der Waals surface area contributed by atoms with Gasteiger partial charge in [-0.05, 0) is 56.7 Å². The number of hydrogen-bond donors (Lipinski definition) is 1. The third-order valence-corrected chi connectivity index (χ3v) is 7.39. The van der Waals surface area contributed by atoms with Crippen molar-refractivity contribution in [2.24, 2.45) is 16.3 Å². The predicted molar refractivity (Wildman–Crippen MR) is 106 cm³/mol. The van der Waals surface area contributed by atoms with E-state index in [0.717, 1.165) is 49.0 Å². The zero-order chi connectivity index (χ0) is 18.4. The fraction of sp³-hybridized carbons (Fsp3) is 0.619. The van der Waals surface area contributed by atoms with Gasteiger partial charge >= 0.3 is 0 Å². The summed E-state index contributed by atoms with van der Waals surface area (Å²) in [7, 11) is 0. The number of morpholine rings is 1. The number of aryl methyl sites for hydroxylation is 1. The van der Waals surface area contributed by atoms with Gasteiger partial charge in [0.25, 0.3) is 0 Å². The number of ether oxygens (including phenoxy) is 1. The number of nitrogens with one attached hydrogen (secondary N) is 1. The number of quaternary nitrogens is 1. The Balaban J connectivity index is 1.62. The molecule has 4 aliphatic rings. The Morgan fingerprint density at radius 2 is 2.11 bits per heavy atom. The van der Waals surface area contributed by atoms with Gasteiger partial charge in [0.2, 0.25) is 5.66 Å². The Bertz CT molecular complexity index is 788. The highest BCUT2D eigenvalue weighted by Crippen LogP contribution is 2.50. The molecule has 0 radical (unpaired) electrons. The van der Waals surface area contributed by atoms with Gasteiger partial charge in [-0.25, -0.2) is 0 Å². The Hall–Kier alpha value is -1.43. The molecule has 2 fully saturated rings. The van der Waals surface area contributed by atoms with Crippen LogP contribution in [0.3, 0.4) is 0 Å². The van der Waals surface area contributed by atoms with Crippen LogP contribution in [0, 0.1) is 12.8 Å². The molecule has 0 bridgehead atoms. The molecule has 2 aliphatic heterocycles. The maximum absolute atomic E-state index is 6.49. The van der Waals surface area contributed by atoms with Crippen molar-refractivity contribution in [3.63, 3.8) is 0 Å². The SMILES string of the molecule is Cc1ccc(N2N=N[C@H]3CC[C@@H](C4=CCCC4)[C@@]32[NH+]2CCOCC2)cc1Cl. The maximum atomic E-state index is 6.49. The summed E-state index contributed by atoms with van der Waals surface area (Å²) in [4.78, 5) is 1.58. The lowest BCUT2D eigenvalue weighted by Gasteiger charge is -2.47. The first kappa shape index (κ1) is 17.7. The molecule has 2 aliphatic carbocycles. The number of halogens is 1. The van der Waals surface area contributed by atoms with E-state index < -0.39 is 0 Å². The summed E-state index contributed by atoms with van der Waals surface area (Å²) in [6.45, 7) is 5.71. The van der Waals surface area contributed by atoms with E-state index in [0.29, 0.717) is 5.92 Å². The van der Waals surface area contributed by atoms with Gasteiger partial charge in [0, 0.05) is 5.02 Å². The minimum Gasteiger partial charge on any atom is -0.370 e. The van der Waals surface area contributed by atoms with E-state index in [9.17, 15) is 0 Å². The van der Waals surface area contributed by atoms with E-state index in [1.807, 2.05) is 6.92 Å². The van der Waals surface area contributed by atoms with Crippen LogP contribution in [0.4, 0.5) is 5.69 Å². The Morgan fingerprint density at radius 3 is 2.85 bits per heavy atom. The second-order valence-corrected chi connectivity index (χ2v) is 8.72. The van der Waals surface area contributed by atoms with Crippen molar-refractivity contribution in [1.82, 2.24) is 0 Å². The van der Waals surface area contributed by atoms with E-state index in [1.54, 1.807) is 10.5 Å². The molecule has 6 heteroatoms. The number of allylic oxidation sites excluding steroid dienone is 1. The first-order valence-corrected chi connectivity index (χ1v) is 10.7. The molecule has 0 spiro atoms. The number of benzene rings is 1. The Kier molecular flexibility index (Phi) is 4.49. The first-order chi connectivity index (χ1) is 13.2.